The molecule has 1 N–H and O–H groups in total. The molecule has 4 rings (SSSR count). The number of fused-ring (bicyclic) bond motifs is 2. The Morgan fingerprint density at radius 1 is 1.16 bits per heavy atom. The molecule has 0 saturated carbocycles. The van der Waals surface area contributed by atoms with Gasteiger partial charge in [-0.2, -0.15) is 0 Å². The lowest BCUT2D eigenvalue weighted by Crippen LogP contribution is -2.48. The molecular formula is C24H27FN2O4. The molecule has 2 aliphatic heterocycles. The van der Waals surface area contributed by atoms with Crippen molar-refractivity contribution in [2.24, 2.45) is 0 Å². The highest BCUT2D eigenvalue weighted by atomic mass is 19.1. The fourth-order valence-corrected chi connectivity index (χ4v) is 4.46. The van der Waals surface area contributed by atoms with E-state index in [0.29, 0.717) is 25.3 Å². The summed E-state index contributed by atoms with van der Waals surface area (Å²) in [5.74, 6) is 0.164. The molecule has 164 valence electrons. The summed E-state index contributed by atoms with van der Waals surface area (Å²) in [6.45, 7) is 2.16. The fourth-order valence-electron chi connectivity index (χ4n) is 4.46. The van der Waals surface area contributed by atoms with Crippen LogP contribution in [0.1, 0.15) is 40.7 Å². The van der Waals surface area contributed by atoms with Crippen molar-refractivity contribution in [2.45, 2.75) is 31.3 Å². The second kappa shape index (κ2) is 9.06. The first-order chi connectivity index (χ1) is 15.0. The summed E-state index contributed by atoms with van der Waals surface area (Å²) in [4.78, 5) is 26.6. The van der Waals surface area contributed by atoms with Gasteiger partial charge in [-0.05, 0) is 66.8 Å². The van der Waals surface area contributed by atoms with Crippen molar-refractivity contribution < 1.29 is 23.5 Å². The number of hydrogen-bond donors (Lipinski definition) is 1. The van der Waals surface area contributed by atoms with Gasteiger partial charge in [0.05, 0.1) is 19.3 Å². The molecule has 2 aromatic carbocycles. The van der Waals surface area contributed by atoms with Gasteiger partial charge in [-0.25, -0.2) is 4.39 Å². The van der Waals surface area contributed by atoms with Crippen molar-refractivity contribution in [2.75, 3.05) is 33.4 Å². The topological polar surface area (TPSA) is 67.9 Å². The van der Waals surface area contributed by atoms with Crippen LogP contribution in [0.25, 0.3) is 0 Å². The molecule has 31 heavy (non-hydrogen) atoms. The second-order valence-corrected chi connectivity index (χ2v) is 8.01. The zero-order valence-corrected chi connectivity index (χ0v) is 17.7. The van der Waals surface area contributed by atoms with E-state index in [0.717, 1.165) is 25.0 Å². The molecule has 1 fully saturated rings. The maximum absolute atomic E-state index is 13.0. The number of rotatable bonds is 5. The van der Waals surface area contributed by atoms with Crippen LogP contribution < -0.4 is 10.1 Å². The maximum Gasteiger partial charge on any atom is 0.251 e. The molecule has 0 aliphatic carbocycles. The van der Waals surface area contributed by atoms with Crippen LogP contribution in [0.4, 0.5) is 4.39 Å². The Bertz CT molecular complexity index is 953. The van der Waals surface area contributed by atoms with E-state index in [9.17, 15) is 14.0 Å². The number of piperidine rings is 1. The van der Waals surface area contributed by atoms with E-state index < -0.39 is 5.82 Å². The quantitative estimate of drug-likeness (QED) is 0.798. The minimum absolute atomic E-state index is 0.0139. The molecule has 2 amide bonds. The van der Waals surface area contributed by atoms with Crippen LogP contribution in [0.3, 0.4) is 0 Å². The van der Waals surface area contributed by atoms with Gasteiger partial charge in [-0.3, -0.25) is 9.59 Å². The number of nitrogens with one attached hydrogen (secondary N) is 1. The van der Waals surface area contributed by atoms with Crippen LogP contribution in [0.2, 0.25) is 0 Å². The highest BCUT2D eigenvalue weighted by Gasteiger charge is 2.41. The van der Waals surface area contributed by atoms with Gasteiger partial charge in [0.2, 0.25) is 5.91 Å². The summed E-state index contributed by atoms with van der Waals surface area (Å²) >= 11 is 0. The molecule has 0 atom stereocenters. The van der Waals surface area contributed by atoms with Crippen LogP contribution in [0.15, 0.2) is 42.5 Å². The minimum Gasteiger partial charge on any atom is -0.497 e. The van der Waals surface area contributed by atoms with Gasteiger partial charge in [-0.15, -0.1) is 0 Å². The van der Waals surface area contributed by atoms with Crippen LogP contribution >= 0.6 is 0 Å². The third-order valence-electron chi connectivity index (χ3n) is 6.21. The van der Waals surface area contributed by atoms with Gasteiger partial charge in [0.25, 0.3) is 5.91 Å². The third kappa shape index (κ3) is 4.56. The Hall–Kier alpha value is -2.93. The number of benzene rings is 2. The fraction of sp³-hybridized carbons (Fsp3) is 0.417. The number of likely N-dealkylation sites (tertiary alicyclic amines) is 1. The molecule has 0 unspecified atom stereocenters. The van der Waals surface area contributed by atoms with E-state index in [2.05, 4.69) is 17.4 Å². The van der Waals surface area contributed by atoms with Gasteiger partial charge in [0, 0.05) is 31.6 Å². The third-order valence-corrected chi connectivity index (χ3v) is 6.21. The first-order valence-corrected chi connectivity index (χ1v) is 10.6. The number of nitrogens with zero attached hydrogens (tertiary/aromatic N) is 1. The summed E-state index contributed by atoms with van der Waals surface area (Å²) in [6.07, 6.45) is 2.60. The van der Waals surface area contributed by atoms with E-state index in [4.69, 9.17) is 9.47 Å². The van der Waals surface area contributed by atoms with Gasteiger partial charge in [0.1, 0.15) is 11.6 Å². The molecule has 1 spiro atoms. The largest absolute Gasteiger partial charge is 0.497 e. The second-order valence-electron chi connectivity index (χ2n) is 8.01. The monoisotopic (exact) mass is 426 g/mol. The molecule has 0 bridgehead atoms. The highest BCUT2D eigenvalue weighted by molar-refractivity contribution is 5.94. The standard InChI is InChI=1S/C24H27FN2O4/c1-30-20-6-7-21-18(16-20)9-15-31-24(21)10-13-27(14-11-24)22(28)8-12-26-23(29)17-2-4-19(25)5-3-17/h2-7,16H,8-15H2,1H3,(H,26,29). The number of ether oxygens (including phenoxy) is 2. The minimum atomic E-state index is -0.390. The number of carbonyl (C=O) groups is 2. The summed E-state index contributed by atoms with van der Waals surface area (Å²) < 4.78 is 24.6. The van der Waals surface area contributed by atoms with Crippen molar-refractivity contribution in [1.29, 1.82) is 0 Å². The van der Waals surface area contributed by atoms with E-state index in [1.165, 1.54) is 35.4 Å². The number of hydrogen-bond acceptors (Lipinski definition) is 4. The van der Waals surface area contributed by atoms with Crippen LogP contribution in [0.5, 0.6) is 5.75 Å². The number of amides is 2. The SMILES string of the molecule is COc1ccc2c(c1)CCOC21CCN(C(=O)CCNC(=O)c2ccc(F)cc2)CC1. The van der Waals surface area contributed by atoms with Crippen molar-refractivity contribution in [1.82, 2.24) is 10.2 Å². The van der Waals surface area contributed by atoms with Gasteiger partial charge < -0.3 is 19.7 Å². The van der Waals surface area contributed by atoms with E-state index in [1.54, 1.807) is 7.11 Å². The Kier molecular flexibility index (Phi) is 6.23. The average molecular weight is 426 g/mol. The van der Waals surface area contributed by atoms with Gasteiger partial charge >= 0.3 is 0 Å². The first kappa shape index (κ1) is 21.3. The Morgan fingerprint density at radius 2 is 1.90 bits per heavy atom. The van der Waals surface area contributed by atoms with E-state index >= 15 is 0 Å². The van der Waals surface area contributed by atoms with Crippen molar-refractivity contribution in [3.8, 4) is 5.75 Å². The summed E-state index contributed by atoms with van der Waals surface area (Å²) in [7, 11) is 1.67. The van der Waals surface area contributed by atoms with Gasteiger partial charge in [-0.1, -0.05) is 6.07 Å². The zero-order valence-electron chi connectivity index (χ0n) is 17.7. The van der Waals surface area contributed by atoms with Crippen LogP contribution in [-0.4, -0.2) is 50.1 Å². The molecule has 6 nitrogen and oxygen atoms in total. The maximum atomic E-state index is 13.0. The predicted molar refractivity (Wildman–Crippen MR) is 113 cm³/mol. The first-order valence-electron chi connectivity index (χ1n) is 10.6. The normalized spacial score (nSPS) is 17.2. The zero-order chi connectivity index (χ0) is 21.8. The predicted octanol–water partition coefficient (Wildman–Crippen LogP) is 3.04. The van der Waals surface area contributed by atoms with E-state index in [1.807, 2.05) is 11.0 Å². The van der Waals surface area contributed by atoms with Crippen molar-refractivity contribution >= 4 is 11.8 Å². The van der Waals surface area contributed by atoms with E-state index in [-0.39, 0.29) is 30.4 Å². The van der Waals surface area contributed by atoms with Crippen molar-refractivity contribution in [3.63, 3.8) is 0 Å². The summed E-state index contributed by atoms with van der Waals surface area (Å²) in [5.41, 5.74) is 2.50. The molecule has 2 aliphatic rings. The van der Waals surface area contributed by atoms with Crippen molar-refractivity contribution in [3.05, 3.63) is 65.0 Å². The van der Waals surface area contributed by atoms with Crippen LogP contribution in [0, 0.1) is 5.82 Å². The number of halogens is 1. The number of methoxy groups -OCH3 is 1. The van der Waals surface area contributed by atoms with Gasteiger partial charge in [0.15, 0.2) is 0 Å². The smallest absolute Gasteiger partial charge is 0.251 e. The Morgan fingerprint density at radius 3 is 2.61 bits per heavy atom. The molecule has 7 heteroatoms. The lowest BCUT2D eigenvalue weighted by Gasteiger charge is -2.45. The molecular weight excluding hydrogens is 399 g/mol. The highest BCUT2D eigenvalue weighted by Crippen LogP contribution is 2.42. The molecule has 0 aromatic heterocycles. The molecule has 2 heterocycles. The average Bonchev–Trinajstić information content (AvgIpc) is 2.79. The van der Waals surface area contributed by atoms with Crippen LogP contribution in [-0.2, 0) is 21.6 Å². The lowest BCUT2D eigenvalue weighted by molar-refractivity contribution is -0.140. The lowest BCUT2D eigenvalue weighted by atomic mass is 9.79. The molecule has 2 aromatic rings. The summed E-state index contributed by atoms with van der Waals surface area (Å²) in [6, 6.07) is 11.5. The number of carbonyl (C=O) groups excluding carboxylic acids is 2. The summed E-state index contributed by atoms with van der Waals surface area (Å²) in [5, 5.41) is 2.72. The molecule has 0 radical (unpaired) electrons. The molecule has 1 saturated heterocycles. The Labute approximate surface area is 181 Å². The Balaban J connectivity index is 1.30.